The van der Waals surface area contributed by atoms with Gasteiger partial charge in [-0.15, -0.1) is 12.6 Å². The van der Waals surface area contributed by atoms with Crippen molar-refractivity contribution in [2.24, 2.45) is 5.92 Å². The molecule has 2 atom stereocenters. The topological polar surface area (TPSA) is 17.3 Å². The van der Waals surface area contributed by atoms with Gasteiger partial charge in [-0.3, -0.25) is 0 Å². The fraction of sp³-hybridized carbons (Fsp3) is 1.00. The summed E-state index contributed by atoms with van der Waals surface area (Å²) in [5, 5.41) is 4.60. The molecule has 0 aliphatic carbocycles. The average Bonchev–Trinajstić information content (AvgIpc) is 2.27. The third-order valence-electron chi connectivity index (χ3n) is 2.69. The number of piperidine rings is 1. The van der Waals surface area contributed by atoms with E-state index in [0.717, 1.165) is 12.5 Å². The fourth-order valence-electron chi connectivity index (χ4n) is 2.17. The van der Waals surface area contributed by atoms with Gasteiger partial charge in [0.2, 0.25) is 0 Å². The van der Waals surface area contributed by atoms with Crippen LogP contribution in [0.4, 0.5) is 0 Å². The van der Waals surface area contributed by atoms with Crippen LogP contribution >= 0.6 is 0 Å². The number of likely N-dealkylation sites (N-methyl/N-ethyl adjacent to an activating group) is 1. The molecule has 0 bridgehead atoms. The van der Waals surface area contributed by atoms with Crippen LogP contribution in [0.25, 0.3) is 5.32 Å². The van der Waals surface area contributed by atoms with E-state index in [4.69, 9.17) is 0 Å². The minimum absolute atomic E-state index is 0. The first-order valence-electron chi connectivity index (χ1n) is 4.21. The molecule has 0 saturated carbocycles. The van der Waals surface area contributed by atoms with Gasteiger partial charge in [0.25, 0.3) is 0 Å². The van der Waals surface area contributed by atoms with Gasteiger partial charge in [0, 0.05) is 0 Å². The van der Waals surface area contributed by atoms with Crippen molar-refractivity contribution in [3.63, 3.8) is 0 Å². The number of fused-ring (bicyclic) bond motifs is 1. The largest absolute Gasteiger partial charge is 1.00 e. The van der Waals surface area contributed by atoms with Gasteiger partial charge >= 0.3 is 58.2 Å². The van der Waals surface area contributed by atoms with Crippen LogP contribution in [-0.2, 0) is 0 Å². The van der Waals surface area contributed by atoms with Crippen LogP contribution in [0, 0.1) is 5.92 Å². The second-order valence-electron chi connectivity index (χ2n) is 3.60. The molecule has 2 nitrogen and oxygen atoms in total. The van der Waals surface area contributed by atoms with E-state index < -0.39 is 0 Å². The summed E-state index contributed by atoms with van der Waals surface area (Å²) in [5.74, 6) is 0.902. The molecule has 2 fully saturated rings. The first-order chi connectivity index (χ1) is 4.86. The van der Waals surface area contributed by atoms with Crippen molar-refractivity contribution in [2.45, 2.75) is 18.9 Å². The zero-order valence-electron chi connectivity index (χ0n) is 7.58. The maximum absolute atomic E-state index is 4.60. The quantitative estimate of drug-likeness (QED) is 0.470. The summed E-state index contributed by atoms with van der Waals surface area (Å²) < 4.78 is 0. The van der Waals surface area contributed by atoms with Crippen molar-refractivity contribution in [3.05, 3.63) is 5.32 Å². The summed E-state index contributed by atoms with van der Waals surface area (Å²) in [6.07, 6.45) is 2.74. The Balaban J connectivity index is 0.000000605. The van der Waals surface area contributed by atoms with Crippen LogP contribution in [0.15, 0.2) is 0 Å². The number of hydrogen-bond acceptors (Lipinski definition) is 1. The minimum atomic E-state index is 0. The van der Waals surface area contributed by atoms with E-state index in [2.05, 4.69) is 17.3 Å². The molecule has 11 heavy (non-hydrogen) atoms. The van der Waals surface area contributed by atoms with Crippen LogP contribution < -0.4 is 58.2 Å². The molecule has 0 radical (unpaired) electrons. The first kappa shape index (κ1) is 10.8. The summed E-state index contributed by atoms with van der Waals surface area (Å²) >= 11 is 0. The maximum atomic E-state index is 4.60. The summed E-state index contributed by atoms with van der Waals surface area (Å²) in [7, 11) is 2.20. The van der Waals surface area contributed by atoms with E-state index in [0.29, 0.717) is 6.04 Å². The molecule has 2 saturated heterocycles. The second kappa shape index (κ2) is 4.82. The molecule has 2 heterocycles. The van der Waals surface area contributed by atoms with Gasteiger partial charge in [-0.2, -0.15) is 0 Å². The van der Waals surface area contributed by atoms with Gasteiger partial charge in [-0.1, -0.05) is 12.8 Å². The Morgan fingerprint density at radius 3 is 2.91 bits per heavy atom. The Bertz CT molecular complexity index is 115. The van der Waals surface area contributed by atoms with Crippen molar-refractivity contribution in [1.82, 2.24) is 4.90 Å². The predicted molar refractivity (Wildman–Crippen MR) is 42.2 cm³/mol. The zero-order valence-corrected chi connectivity index (χ0v) is 12.5. The smallest absolute Gasteiger partial charge is 0.658 e. The van der Waals surface area contributed by atoms with Gasteiger partial charge < -0.3 is 10.2 Å². The van der Waals surface area contributed by atoms with E-state index in [1.807, 2.05) is 0 Å². The predicted octanol–water partition coefficient (Wildman–Crippen LogP) is -1.91. The molecule has 2 unspecified atom stereocenters. The number of likely N-dealkylation sites (tertiary alicyclic amines) is 1. The molecule has 0 aromatic rings. The van der Waals surface area contributed by atoms with Crippen LogP contribution in [0.2, 0.25) is 0 Å². The van der Waals surface area contributed by atoms with E-state index in [1.54, 1.807) is 0 Å². The Morgan fingerprint density at radius 1 is 1.36 bits per heavy atom. The molecular weight excluding hydrogens is 210 g/mol. The van der Waals surface area contributed by atoms with Crippen LogP contribution in [0.1, 0.15) is 12.8 Å². The van der Waals surface area contributed by atoms with E-state index in [9.17, 15) is 0 Å². The normalized spacial score (nSPS) is 37.9. The maximum Gasteiger partial charge on any atom is 1.00 e. The van der Waals surface area contributed by atoms with Crippen molar-refractivity contribution >= 4 is 0 Å². The molecular formula is C8H15N2Rb. The number of hydrogen-bond donors (Lipinski definition) is 0. The summed E-state index contributed by atoms with van der Waals surface area (Å²) in [6.45, 7) is 3.62. The molecule has 2 aliphatic heterocycles. The molecule has 2 aliphatic rings. The Hall–Kier alpha value is 1.73. The SMILES string of the molecule is CN1CC2CCC[N-]C2C1.[Rb+]. The third-order valence-corrected chi connectivity index (χ3v) is 2.69. The van der Waals surface area contributed by atoms with Crippen LogP contribution in [0.3, 0.4) is 0 Å². The number of nitrogens with zero attached hydrogens (tertiary/aromatic N) is 2. The van der Waals surface area contributed by atoms with Gasteiger partial charge in [0.1, 0.15) is 0 Å². The minimum Gasteiger partial charge on any atom is -0.658 e. The van der Waals surface area contributed by atoms with Gasteiger partial charge in [-0.25, -0.2) is 0 Å². The van der Waals surface area contributed by atoms with Crippen LogP contribution in [-0.4, -0.2) is 37.6 Å². The third kappa shape index (κ3) is 2.58. The zero-order chi connectivity index (χ0) is 6.97. The van der Waals surface area contributed by atoms with Crippen molar-refractivity contribution < 1.29 is 58.2 Å². The Labute approximate surface area is 118 Å². The molecule has 0 aromatic heterocycles. The summed E-state index contributed by atoms with van der Waals surface area (Å²) in [5.41, 5.74) is 0. The summed E-state index contributed by atoms with van der Waals surface area (Å²) in [4.78, 5) is 2.41. The Morgan fingerprint density at radius 2 is 2.18 bits per heavy atom. The van der Waals surface area contributed by atoms with Crippen molar-refractivity contribution in [2.75, 3.05) is 26.7 Å². The van der Waals surface area contributed by atoms with Gasteiger partial charge in [0.15, 0.2) is 0 Å². The standard InChI is InChI=1S/C8H15N2.Rb/c1-10-5-7-3-2-4-9-8(7)6-10;/h7-8H,2-6H2,1H3;/q-1;+1. The Kier molecular flexibility index (Phi) is 4.74. The van der Waals surface area contributed by atoms with Crippen molar-refractivity contribution in [3.8, 4) is 0 Å². The number of rotatable bonds is 0. The van der Waals surface area contributed by atoms with Crippen molar-refractivity contribution in [1.29, 1.82) is 0 Å². The molecule has 58 valence electrons. The van der Waals surface area contributed by atoms with E-state index in [1.165, 1.54) is 25.9 Å². The average molecular weight is 225 g/mol. The molecule has 0 aromatic carbocycles. The molecule has 0 N–H and O–H groups in total. The molecule has 2 rings (SSSR count). The molecule has 0 amide bonds. The molecule has 3 heteroatoms. The monoisotopic (exact) mass is 224 g/mol. The molecule has 0 spiro atoms. The van der Waals surface area contributed by atoms with E-state index >= 15 is 0 Å². The second-order valence-corrected chi connectivity index (χ2v) is 3.60. The van der Waals surface area contributed by atoms with Crippen LogP contribution in [0.5, 0.6) is 0 Å². The fourth-order valence-corrected chi connectivity index (χ4v) is 2.17. The van der Waals surface area contributed by atoms with Gasteiger partial charge in [-0.05, 0) is 26.1 Å². The van der Waals surface area contributed by atoms with E-state index in [-0.39, 0.29) is 58.2 Å². The van der Waals surface area contributed by atoms with Gasteiger partial charge in [0.05, 0.1) is 0 Å². The summed E-state index contributed by atoms with van der Waals surface area (Å²) in [6, 6.07) is 0.693. The first-order valence-corrected chi connectivity index (χ1v) is 4.21.